The van der Waals surface area contributed by atoms with Crippen LogP contribution in [0.2, 0.25) is 0 Å². The van der Waals surface area contributed by atoms with Gasteiger partial charge in [-0.05, 0) is 12.1 Å². The molecule has 3 nitrogen and oxygen atoms in total. The molecule has 15 heavy (non-hydrogen) atoms. The Labute approximate surface area is 93.8 Å². The van der Waals surface area contributed by atoms with Gasteiger partial charge in [0.25, 0.3) is 0 Å². The van der Waals surface area contributed by atoms with Crippen molar-refractivity contribution in [2.75, 3.05) is 32.2 Å². The Morgan fingerprint density at radius 3 is 3.00 bits per heavy atom. The Morgan fingerprint density at radius 1 is 1.67 bits per heavy atom. The molecule has 1 aromatic rings. The predicted molar refractivity (Wildman–Crippen MR) is 59.0 cm³/mol. The Balaban J connectivity index is 2.61. The van der Waals surface area contributed by atoms with Gasteiger partial charge in [0, 0.05) is 26.9 Å². The minimum Gasteiger partial charge on any atom is -0.383 e. The van der Waals surface area contributed by atoms with E-state index in [0.29, 0.717) is 19.0 Å². The van der Waals surface area contributed by atoms with Gasteiger partial charge in [0.05, 0.1) is 12.0 Å². The molecule has 0 saturated heterocycles. The predicted octanol–water partition coefficient (Wildman–Crippen LogP) is 1.91. The number of pyridine rings is 1. The van der Waals surface area contributed by atoms with Crippen LogP contribution in [0.3, 0.4) is 0 Å². The minimum atomic E-state index is -0.346. The van der Waals surface area contributed by atoms with Crippen molar-refractivity contribution in [3.05, 3.63) is 24.1 Å². The van der Waals surface area contributed by atoms with Gasteiger partial charge < -0.3 is 9.64 Å². The smallest absolute Gasteiger partial charge is 0.165 e. The van der Waals surface area contributed by atoms with Gasteiger partial charge in [-0.2, -0.15) is 0 Å². The molecule has 5 heteroatoms. The molecule has 0 amide bonds. The number of halogens is 2. The summed E-state index contributed by atoms with van der Waals surface area (Å²) in [7, 11) is 3.33. The van der Waals surface area contributed by atoms with E-state index in [1.807, 2.05) is 0 Å². The summed E-state index contributed by atoms with van der Waals surface area (Å²) in [4.78, 5) is 5.62. The molecule has 1 aromatic heterocycles. The number of ether oxygens (including phenoxy) is 1. The van der Waals surface area contributed by atoms with Crippen LogP contribution in [0.15, 0.2) is 18.3 Å². The number of alkyl halides is 1. The summed E-state index contributed by atoms with van der Waals surface area (Å²) in [6, 6.07) is 2.93. The van der Waals surface area contributed by atoms with E-state index in [1.54, 1.807) is 31.3 Å². The lowest BCUT2D eigenvalue weighted by Gasteiger charge is -2.21. The van der Waals surface area contributed by atoms with Gasteiger partial charge in [-0.3, -0.25) is 0 Å². The maximum Gasteiger partial charge on any atom is 0.165 e. The van der Waals surface area contributed by atoms with E-state index >= 15 is 0 Å². The van der Waals surface area contributed by atoms with Crippen molar-refractivity contribution in [1.82, 2.24) is 4.98 Å². The molecule has 0 saturated carbocycles. The van der Waals surface area contributed by atoms with E-state index in [4.69, 9.17) is 16.3 Å². The third-order valence-corrected chi connectivity index (χ3v) is 2.18. The van der Waals surface area contributed by atoms with Crippen LogP contribution in [0, 0.1) is 5.82 Å². The van der Waals surface area contributed by atoms with Gasteiger partial charge in [0.2, 0.25) is 0 Å². The normalized spacial score (nSPS) is 12.5. The van der Waals surface area contributed by atoms with Gasteiger partial charge >= 0.3 is 0 Å². The maximum atomic E-state index is 13.3. The Hall–Kier alpha value is -0.870. The lowest BCUT2D eigenvalue weighted by Crippen LogP contribution is -2.29. The molecular formula is C10H14ClFN2O. The molecule has 1 rings (SSSR count). The lowest BCUT2D eigenvalue weighted by molar-refractivity contribution is 0.199. The average molecular weight is 233 g/mol. The minimum absolute atomic E-state index is 0.179. The van der Waals surface area contributed by atoms with Crippen LogP contribution < -0.4 is 4.90 Å². The zero-order valence-electron chi connectivity index (χ0n) is 8.78. The summed E-state index contributed by atoms with van der Waals surface area (Å²) in [5, 5.41) is -0.179. The van der Waals surface area contributed by atoms with E-state index in [2.05, 4.69) is 4.98 Å². The van der Waals surface area contributed by atoms with Crippen LogP contribution in [-0.2, 0) is 4.74 Å². The first-order valence-corrected chi connectivity index (χ1v) is 5.03. The second kappa shape index (κ2) is 5.88. The van der Waals surface area contributed by atoms with Crippen LogP contribution in [-0.4, -0.2) is 37.7 Å². The highest BCUT2D eigenvalue weighted by molar-refractivity contribution is 6.21. The highest BCUT2D eigenvalue weighted by atomic mass is 35.5. The average Bonchev–Trinajstić information content (AvgIpc) is 2.18. The number of aromatic nitrogens is 1. The van der Waals surface area contributed by atoms with Crippen molar-refractivity contribution in [2.24, 2.45) is 0 Å². The standard InChI is InChI=1S/C10H14ClFN2O/c1-14(6-8(11)7-15-2)10-9(12)4-3-5-13-10/h3-5,8H,6-7H2,1-2H3. The monoisotopic (exact) mass is 232 g/mol. The summed E-state index contributed by atoms with van der Waals surface area (Å²) in [6.45, 7) is 0.920. The van der Waals surface area contributed by atoms with Crippen molar-refractivity contribution in [3.63, 3.8) is 0 Å². The third-order valence-electron chi connectivity index (χ3n) is 1.92. The van der Waals surface area contributed by atoms with E-state index in [9.17, 15) is 4.39 Å². The lowest BCUT2D eigenvalue weighted by atomic mass is 10.3. The Morgan fingerprint density at radius 2 is 2.40 bits per heavy atom. The zero-order chi connectivity index (χ0) is 11.3. The summed E-state index contributed by atoms with van der Waals surface area (Å²) < 4.78 is 18.2. The Bertz CT molecular complexity index is 311. The molecule has 0 bridgehead atoms. The summed E-state index contributed by atoms with van der Waals surface area (Å²) >= 11 is 5.96. The molecule has 0 spiro atoms. The molecule has 0 aliphatic heterocycles. The fourth-order valence-corrected chi connectivity index (χ4v) is 1.61. The van der Waals surface area contributed by atoms with Crippen molar-refractivity contribution in [1.29, 1.82) is 0 Å². The highest BCUT2D eigenvalue weighted by Crippen LogP contribution is 2.14. The van der Waals surface area contributed by atoms with Crippen molar-refractivity contribution >= 4 is 17.4 Å². The molecular weight excluding hydrogens is 219 g/mol. The van der Waals surface area contributed by atoms with Gasteiger partial charge in [0.15, 0.2) is 11.6 Å². The van der Waals surface area contributed by atoms with Gasteiger partial charge in [-0.25, -0.2) is 9.37 Å². The molecule has 84 valence electrons. The molecule has 0 aliphatic rings. The largest absolute Gasteiger partial charge is 0.383 e. The number of anilines is 1. The SMILES string of the molecule is COCC(Cl)CN(C)c1ncccc1F. The molecule has 0 fully saturated rings. The quantitative estimate of drug-likeness (QED) is 0.726. The summed E-state index contributed by atoms with van der Waals surface area (Å²) in [6.07, 6.45) is 1.55. The first-order chi connectivity index (χ1) is 7.15. The van der Waals surface area contributed by atoms with Crippen LogP contribution >= 0.6 is 11.6 Å². The maximum absolute atomic E-state index is 13.3. The number of hydrogen-bond donors (Lipinski definition) is 0. The molecule has 0 aromatic carbocycles. The molecule has 1 unspecified atom stereocenters. The molecule has 0 N–H and O–H groups in total. The van der Waals surface area contributed by atoms with Crippen LogP contribution in [0.4, 0.5) is 10.2 Å². The van der Waals surface area contributed by atoms with E-state index < -0.39 is 0 Å². The topological polar surface area (TPSA) is 25.4 Å². The van der Waals surface area contributed by atoms with Gasteiger partial charge in [-0.15, -0.1) is 11.6 Å². The summed E-state index contributed by atoms with van der Waals surface area (Å²) in [5.41, 5.74) is 0. The van der Waals surface area contributed by atoms with E-state index in [1.165, 1.54) is 6.07 Å². The van der Waals surface area contributed by atoms with Crippen LogP contribution in [0.5, 0.6) is 0 Å². The number of hydrogen-bond acceptors (Lipinski definition) is 3. The van der Waals surface area contributed by atoms with Gasteiger partial charge in [-0.1, -0.05) is 0 Å². The highest BCUT2D eigenvalue weighted by Gasteiger charge is 2.12. The van der Waals surface area contributed by atoms with E-state index in [0.717, 1.165) is 0 Å². The van der Waals surface area contributed by atoms with Gasteiger partial charge in [0.1, 0.15) is 0 Å². The first-order valence-electron chi connectivity index (χ1n) is 4.59. The van der Waals surface area contributed by atoms with E-state index in [-0.39, 0.29) is 11.2 Å². The zero-order valence-corrected chi connectivity index (χ0v) is 9.54. The number of methoxy groups -OCH3 is 1. The van der Waals surface area contributed by atoms with Crippen molar-refractivity contribution in [2.45, 2.75) is 5.38 Å². The third kappa shape index (κ3) is 3.64. The Kier molecular flexibility index (Phi) is 4.78. The fourth-order valence-electron chi connectivity index (χ4n) is 1.28. The second-order valence-corrected chi connectivity index (χ2v) is 3.86. The second-order valence-electron chi connectivity index (χ2n) is 3.24. The summed E-state index contributed by atoms with van der Waals surface area (Å²) in [5.74, 6) is -0.0412. The molecule has 0 aliphatic carbocycles. The number of nitrogens with zero attached hydrogens (tertiary/aromatic N) is 2. The molecule has 1 heterocycles. The number of rotatable bonds is 5. The van der Waals surface area contributed by atoms with Crippen LogP contribution in [0.1, 0.15) is 0 Å². The van der Waals surface area contributed by atoms with Crippen LogP contribution in [0.25, 0.3) is 0 Å². The molecule has 0 radical (unpaired) electrons. The van der Waals surface area contributed by atoms with Crippen molar-refractivity contribution in [3.8, 4) is 0 Å². The van der Waals surface area contributed by atoms with Crippen molar-refractivity contribution < 1.29 is 9.13 Å². The molecule has 1 atom stereocenters. The first kappa shape index (κ1) is 12.2. The fraction of sp³-hybridized carbons (Fsp3) is 0.500.